The molecule has 0 aliphatic rings. The Morgan fingerprint density at radius 2 is 1.83 bits per heavy atom. The minimum atomic E-state index is -3.97. The van der Waals surface area contributed by atoms with Crippen molar-refractivity contribution < 1.29 is 21.9 Å². The number of imidazole rings is 1. The van der Waals surface area contributed by atoms with Crippen LogP contribution in [-0.2, 0) is 10.0 Å². The van der Waals surface area contributed by atoms with E-state index in [-0.39, 0.29) is 33.0 Å². The van der Waals surface area contributed by atoms with Crippen LogP contribution in [0.25, 0.3) is 28.4 Å². The summed E-state index contributed by atoms with van der Waals surface area (Å²) in [6.45, 7) is 5.61. The van der Waals surface area contributed by atoms with Crippen LogP contribution in [0.4, 0.5) is 8.78 Å². The van der Waals surface area contributed by atoms with Crippen LogP contribution in [-0.4, -0.2) is 22.4 Å². The summed E-state index contributed by atoms with van der Waals surface area (Å²) in [5.74, 6) is -1.01. The summed E-state index contributed by atoms with van der Waals surface area (Å²) in [4.78, 5) is 6.94. The summed E-state index contributed by atoms with van der Waals surface area (Å²) in [5, 5.41) is 0.431. The quantitative estimate of drug-likeness (QED) is 0.303. The Balaban J connectivity index is 1.60. The van der Waals surface area contributed by atoms with Gasteiger partial charge in [0.1, 0.15) is 17.4 Å². The number of aromatic amines is 1. The molecular formula is C26H19F2N3O3S. The maximum Gasteiger partial charge on any atom is 0.268 e. The van der Waals surface area contributed by atoms with Gasteiger partial charge >= 0.3 is 0 Å². The fourth-order valence-corrected chi connectivity index (χ4v) is 5.19. The van der Waals surface area contributed by atoms with Crippen LogP contribution in [0, 0.1) is 18.6 Å². The first kappa shape index (κ1) is 22.5. The summed E-state index contributed by atoms with van der Waals surface area (Å²) >= 11 is 0. The molecule has 176 valence electrons. The van der Waals surface area contributed by atoms with Crippen LogP contribution >= 0.6 is 0 Å². The number of halogens is 2. The van der Waals surface area contributed by atoms with E-state index in [9.17, 15) is 12.8 Å². The van der Waals surface area contributed by atoms with Crippen LogP contribution in [0.5, 0.6) is 11.5 Å². The fourth-order valence-electron chi connectivity index (χ4n) is 3.85. The number of nitrogens with zero attached hydrogens (tertiary/aromatic N) is 2. The van der Waals surface area contributed by atoms with Crippen molar-refractivity contribution >= 4 is 27.0 Å². The smallest absolute Gasteiger partial charge is 0.268 e. The number of rotatable bonds is 6. The van der Waals surface area contributed by atoms with Gasteiger partial charge in [0.05, 0.1) is 16.0 Å². The van der Waals surface area contributed by atoms with Crippen LogP contribution in [0.2, 0.25) is 0 Å². The van der Waals surface area contributed by atoms with E-state index in [0.29, 0.717) is 11.2 Å². The largest absolute Gasteiger partial charge is 0.454 e. The van der Waals surface area contributed by atoms with Gasteiger partial charge in [0.15, 0.2) is 11.6 Å². The number of ether oxygens (including phenoxy) is 1. The second-order valence-corrected chi connectivity index (χ2v) is 9.66. The SMILES string of the molecule is C=Cc1c(Oc2ccc(F)c(-c3ncc[nH]3)c2)c(F)cc2c1ccn2S(=O)(=O)c1ccc(C)cc1. The monoisotopic (exact) mass is 491 g/mol. The van der Waals surface area contributed by atoms with E-state index in [2.05, 4.69) is 16.5 Å². The Kier molecular flexibility index (Phi) is 5.49. The molecule has 0 saturated carbocycles. The summed E-state index contributed by atoms with van der Waals surface area (Å²) in [5.41, 5.74) is 1.48. The third-order valence-electron chi connectivity index (χ3n) is 5.60. The number of aryl methyl sites for hydroxylation is 1. The van der Waals surface area contributed by atoms with Gasteiger partial charge in [-0.15, -0.1) is 0 Å². The van der Waals surface area contributed by atoms with Crippen molar-refractivity contribution in [1.82, 2.24) is 13.9 Å². The predicted molar refractivity (Wildman–Crippen MR) is 130 cm³/mol. The number of aromatic nitrogens is 3. The molecule has 0 bridgehead atoms. The average molecular weight is 492 g/mol. The average Bonchev–Trinajstić information content (AvgIpc) is 3.51. The van der Waals surface area contributed by atoms with Gasteiger partial charge in [-0.3, -0.25) is 0 Å². The second-order valence-electron chi connectivity index (χ2n) is 7.85. The van der Waals surface area contributed by atoms with Crippen LogP contribution in [0.15, 0.2) is 84.7 Å². The molecule has 2 aromatic heterocycles. The topological polar surface area (TPSA) is 77.0 Å². The van der Waals surface area contributed by atoms with Crippen molar-refractivity contribution in [3.63, 3.8) is 0 Å². The van der Waals surface area contributed by atoms with Crippen LogP contribution in [0.1, 0.15) is 11.1 Å². The molecule has 0 unspecified atom stereocenters. The fraction of sp³-hybridized carbons (Fsp3) is 0.0385. The lowest BCUT2D eigenvalue weighted by Crippen LogP contribution is -2.12. The zero-order chi connectivity index (χ0) is 24.7. The van der Waals surface area contributed by atoms with E-state index in [4.69, 9.17) is 4.74 Å². The highest BCUT2D eigenvalue weighted by Gasteiger charge is 2.23. The number of hydrogen-bond donors (Lipinski definition) is 1. The van der Waals surface area contributed by atoms with Crippen molar-refractivity contribution in [3.05, 3.63) is 103 Å². The molecule has 0 atom stereocenters. The van der Waals surface area contributed by atoms with Gasteiger partial charge in [-0.1, -0.05) is 30.4 Å². The van der Waals surface area contributed by atoms with E-state index in [0.717, 1.165) is 15.6 Å². The van der Waals surface area contributed by atoms with Crippen LogP contribution in [0.3, 0.4) is 0 Å². The van der Waals surface area contributed by atoms with Crippen molar-refractivity contribution in [2.75, 3.05) is 0 Å². The molecule has 0 radical (unpaired) electrons. The lowest BCUT2D eigenvalue weighted by molar-refractivity contribution is 0.441. The molecule has 0 aliphatic heterocycles. The molecule has 9 heteroatoms. The van der Waals surface area contributed by atoms with Crippen molar-refractivity contribution in [2.45, 2.75) is 11.8 Å². The van der Waals surface area contributed by atoms with Gasteiger partial charge in [-0.25, -0.2) is 26.2 Å². The van der Waals surface area contributed by atoms with Gasteiger partial charge in [-0.05, 0) is 43.3 Å². The molecule has 0 amide bonds. The lowest BCUT2D eigenvalue weighted by Gasteiger charge is -2.14. The van der Waals surface area contributed by atoms with Crippen molar-refractivity contribution in [3.8, 4) is 22.9 Å². The Hall–Kier alpha value is -4.24. The number of H-pyrrole nitrogens is 1. The van der Waals surface area contributed by atoms with Gasteiger partial charge in [0, 0.05) is 35.6 Å². The van der Waals surface area contributed by atoms with Crippen LogP contribution < -0.4 is 4.74 Å². The summed E-state index contributed by atoms with van der Waals surface area (Å²) in [6.07, 6.45) is 5.80. The molecule has 5 rings (SSSR count). The Morgan fingerprint density at radius 1 is 1.06 bits per heavy atom. The molecule has 0 spiro atoms. The zero-order valence-electron chi connectivity index (χ0n) is 18.5. The Labute approximate surface area is 200 Å². The molecule has 6 nitrogen and oxygen atoms in total. The van der Waals surface area contributed by atoms with Crippen molar-refractivity contribution in [1.29, 1.82) is 0 Å². The number of nitrogens with one attached hydrogen (secondary N) is 1. The van der Waals surface area contributed by atoms with Gasteiger partial charge in [0.2, 0.25) is 0 Å². The molecule has 35 heavy (non-hydrogen) atoms. The molecule has 0 aliphatic carbocycles. The lowest BCUT2D eigenvalue weighted by atomic mass is 10.1. The van der Waals surface area contributed by atoms with E-state index in [1.807, 2.05) is 6.92 Å². The maximum atomic E-state index is 15.3. The third kappa shape index (κ3) is 3.89. The third-order valence-corrected chi connectivity index (χ3v) is 7.30. The van der Waals surface area contributed by atoms with Gasteiger partial charge in [-0.2, -0.15) is 0 Å². The summed E-state index contributed by atoms with van der Waals surface area (Å²) in [6, 6.07) is 13.0. The highest BCUT2D eigenvalue weighted by molar-refractivity contribution is 7.90. The van der Waals surface area contributed by atoms with E-state index in [1.54, 1.807) is 24.4 Å². The van der Waals surface area contributed by atoms with Gasteiger partial charge in [0.25, 0.3) is 10.0 Å². The van der Waals surface area contributed by atoms with Crippen molar-refractivity contribution in [2.24, 2.45) is 0 Å². The molecule has 1 N–H and O–H groups in total. The normalized spacial score (nSPS) is 11.6. The Morgan fingerprint density at radius 3 is 2.51 bits per heavy atom. The highest BCUT2D eigenvalue weighted by Crippen LogP contribution is 2.38. The zero-order valence-corrected chi connectivity index (χ0v) is 19.3. The summed E-state index contributed by atoms with van der Waals surface area (Å²) < 4.78 is 62.9. The molecule has 0 fully saturated rings. The van der Waals surface area contributed by atoms with E-state index >= 15 is 4.39 Å². The Bertz CT molecular complexity index is 1670. The molecule has 2 heterocycles. The van der Waals surface area contributed by atoms with E-state index in [1.165, 1.54) is 48.8 Å². The molecule has 3 aromatic carbocycles. The van der Waals surface area contributed by atoms with Gasteiger partial charge < -0.3 is 9.72 Å². The first-order valence-corrected chi connectivity index (χ1v) is 12.0. The molecule has 5 aromatic rings. The number of hydrogen-bond acceptors (Lipinski definition) is 4. The number of benzene rings is 3. The van der Waals surface area contributed by atoms with E-state index < -0.39 is 21.7 Å². The minimum Gasteiger partial charge on any atom is -0.454 e. The highest BCUT2D eigenvalue weighted by atomic mass is 32.2. The first-order chi connectivity index (χ1) is 16.8. The summed E-state index contributed by atoms with van der Waals surface area (Å²) in [7, 11) is -3.97. The number of fused-ring (bicyclic) bond motifs is 1. The maximum absolute atomic E-state index is 15.3. The molecular weight excluding hydrogens is 472 g/mol. The molecule has 0 saturated heterocycles. The first-order valence-electron chi connectivity index (χ1n) is 10.5. The minimum absolute atomic E-state index is 0.0817. The predicted octanol–water partition coefficient (Wildman–Crippen LogP) is 6.29. The second kappa shape index (κ2) is 8.52. The standard InChI is InChI=1S/C26H19F2N3O3S/c1-3-19-20-10-13-31(35(32,33)18-7-4-16(2)5-8-18)24(20)15-23(28)25(19)34-17-6-9-22(27)21(14-17)26-29-11-12-30-26/h3-15H,1H2,2H3,(H,29,30).